The second kappa shape index (κ2) is 10.8. The largest absolute Gasteiger partial charge is 0.481 e. The predicted octanol–water partition coefficient (Wildman–Crippen LogP) is 5.36. The second-order valence-electron chi connectivity index (χ2n) is 9.95. The molecule has 1 N–H and O–H groups in total. The predicted molar refractivity (Wildman–Crippen MR) is 135 cm³/mol. The van der Waals surface area contributed by atoms with Gasteiger partial charge in [-0.3, -0.25) is 9.59 Å². The molecule has 1 amide bonds. The summed E-state index contributed by atoms with van der Waals surface area (Å²) in [6.45, 7) is 6.06. The number of carbonyl (C=O) groups is 2. The first-order chi connectivity index (χ1) is 17.0. The maximum absolute atomic E-state index is 14.6. The molecule has 2 aromatic carbocycles. The van der Waals surface area contributed by atoms with Crippen molar-refractivity contribution in [3.8, 4) is 0 Å². The Balaban J connectivity index is 2.24. The summed E-state index contributed by atoms with van der Waals surface area (Å²) in [6, 6.07) is 5.18. The fourth-order valence-electron chi connectivity index (χ4n) is 4.22. The van der Waals surface area contributed by atoms with E-state index in [9.17, 15) is 31.9 Å². The summed E-state index contributed by atoms with van der Waals surface area (Å²) in [5, 5.41) is 9.24. The average Bonchev–Trinajstić information content (AvgIpc) is 2.74. The maximum Gasteiger partial charge on any atom is 0.306 e. The van der Waals surface area contributed by atoms with Crippen molar-refractivity contribution in [2.24, 2.45) is 0 Å². The number of carboxylic acids is 1. The molecule has 0 saturated carbocycles. The van der Waals surface area contributed by atoms with E-state index >= 15 is 0 Å². The third kappa shape index (κ3) is 6.42. The lowest BCUT2D eigenvalue weighted by Crippen LogP contribution is -2.56. The van der Waals surface area contributed by atoms with Crippen LogP contribution in [0, 0.1) is 11.6 Å². The quantitative estimate of drug-likeness (QED) is 0.475. The summed E-state index contributed by atoms with van der Waals surface area (Å²) in [5.41, 5.74) is 0.346. The highest BCUT2D eigenvalue weighted by atomic mass is 35.5. The van der Waals surface area contributed by atoms with Crippen LogP contribution in [0.25, 0.3) is 0 Å². The van der Waals surface area contributed by atoms with E-state index in [2.05, 4.69) is 0 Å². The SMILES string of the molecule is C[C@@H](CS(=O)(=O)C(C)(C)C)N1C(=O)[C@@H](CC(=O)O)O[C@H](c2cc(F)cc(Cl)c2)[C@H]1c1ccc(Cl)c(F)c1. The molecule has 1 fully saturated rings. The smallest absolute Gasteiger partial charge is 0.306 e. The van der Waals surface area contributed by atoms with Gasteiger partial charge in [-0.2, -0.15) is 0 Å². The van der Waals surface area contributed by atoms with E-state index in [-0.39, 0.29) is 21.2 Å². The van der Waals surface area contributed by atoms with Gasteiger partial charge in [-0.05, 0) is 69.2 Å². The summed E-state index contributed by atoms with van der Waals surface area (Å²) in [6.07, 6.45) is -3.46. The molecule has 0 bridgehead atoms. The van der Waals surface area contributed by atoms with E-state index in [1.165, 1.54) is 50.8 Å². The highest BCUT2D eigenvalue weighted by molar-refractivity contribution is 7.92. The molecule has 0 aromatic heterocycles. The Labute approximate surface area is 224 Å². The number of ether oxygens (including phenoxy) is 1. The number of amides is 1. The number of morpholine rings is 1. The molecule has 4 atom stereocenters. The van der Waals surface area contributed by atoms with Gasteiger partial charge in [-0.15, -0.1) is 0 Å². The number of rotatable bonds is 7. The lowest BCUT2D eigenvalue weighted by molar-refractivity contribution is -0.182. The Morgan fingerprint density at radius 1 is 1.14 bits per heavy atom. The number of sulfone groups is 1. The molecular formula is C25H27Cl2F2NO6S. The standard InChI is InChI=1S/C25H27Cl2F2NO6S/c1-13(12-37(34,35)25(2,3)4)30-22(14-5-6-18(27)19(29)9-14)23(15-7-16(26)10-17(28)8-15)36-20(24(30)33)11-21(31)32/h5-10,13,20,22-23H,11-12H2,1-4H3,(H,31,32)/t13-,20+,22+,23+/m0/s1. The number of benzene rings is 2. The van der Waals surface area contributed by atoms with Crippen molar-refractivity contribution in [2.75, 3.05) is 5.75 Å². The van der Waals surface area contributed by atoms with Gasteiger partial charge in [0.25, 0.3) is 5.91 Å². The zero-order valence-electron chi connectivity index (χ0n) is 20.5. The van der Waals surface area contributed by atoms with Crippen molar-refractivity contribution in [2.45, 2.75) is 63.2 Å². The van der Waals surface area contributed by atoms with Gasteiger partial charge in [0.2, 0.25) is 0 Å². The Hall–Kier alpha value is -2.27. The Bertz CT molecular complexity index is 1290. The minimum atomic E-state index is -3.75. The van der Waals surface area contributed by atoms with E-state index in [1.807, 2.05) is 0 Å². The summed E-state index contributed by atoms with van der Waals surface area (Å²) in [5.74, 6) is -4.11. The van der Waals surface area contributed by atoms with E-state index in [0.717, 1.165) is 18.2 Å². The normalized spacial score (nSPS) is 21.7. The molecule has 1 heterocycles. The van der Waals surface area contributed by atoms with Crippen LogP contribution in [0.15, 0.2) is 36.4 Å². The third-order valence-corrected chi connectivity index (χ3v) is 9.47. The monoisotopic (exact) mass is 577 g/mol. The number of halogens is 4. The summed E-state index contributed by atoms with van der Waals surface area (Å²) < 4.78 is 59.8. The molecule has 0 radical (unpaired) electrons. The van der Waals surface area contributed by atoms with Crippen molar-refractivity contribution in [1.82, 2.24) is 4.90 Å². The summed E-state index contributed by atoms with van der Waals surface area (Å²) >= 11 is 11.9. The molecule has 2 aromatic rings. The van der Waals surface area contributed by atoms with Crippen LogP contribution in [0.1, 0.15) is 57.4 Å². The molecule has 0 unspecified atom stereocenters. The highest BCUT2D eigenvalue weighted by Gasteiger charge is 2.48. The van der Waals surface area contributed by atoms with E-state index in [0.29, 0.717) is 0 Å². The van der Waals surface area contributed by atoms with Gasteiger partial charge >= 0.3 is 5.97 Å². The molecule has 37 heavy (non-hydrogen) atoms. The number of aliphatic carboxylic acids is 1. The van der Waals surface area contributed by atoms with Gasteiger partial charge in [0, 0.05) is 11.1 Å². The number of hydrogen-bond acceptors (Lipinski definition) is 5. The minimum absolute atomic E-state index is 0.0150. The van der Waals surface area contributed by atoms with Gasteiger partial charge in [0.15, 0.2) is 9.84 Å². The first kappa shape index (κ1) is 29.3. The fourth-order valence-corrected chi connectivity index (χ4v) is 5.87. The summed E-state index contributed by atoms with van der Waals surface area (Å²) in [7, 11) is -3.75. The van der Waals surface area contributed by atoms with Crippen LogP contribution in [-0.4, -0.2) is 52.9 Å². The lowest BCUT2D eigenvalue weighted by Gasteiger charge is -2.47. The molecule has 1 aliphatic heterocycles. The zero-order valence-corrected chi connectivity index (χ0v) is 22.9. The second-order valence-corrected chi connectivity index (χ2v) is 13.6. The van der Waals surface area contributed by atoms with Crippen LogP contribution in [0.3, 0.4) is 0 Å². The van der Waals surface area contributed by atoms with Gasteiger partial charge in [0.05, 0.1) is 28.0 Å². The van der Waals surface area contributed by atoms with E-state index in [1.54, 1.807) is 0 Å². The van der Waals surface area contributed by atoms with E-state index in [4.69, 9.17) is 27.9 Å². The lowest BCUT2D eigenvalue weighted by atomic mass is 9.90. The van der Waals surface area contributed by atoms with Gasteiger partial charge in [-0.1, -0.05) is 29.3 Å². The van der Waals surface area contributed by atoms with Crippen molar-refractivity contribution in [3.05, 3.63) is 69.2 Å². The third-order valence-electron chi connectivity index (χ3n) is 6.15. The maximum atomic E-state index is 14.6. The molecule has 0 aliphatic carbocycles. The first-order valence-corrected chi connectivity index (χ1v) is 13.8. The summed E-state index contributed by atoms with van der Waals surface area (Å²) in [4.78, 5) is 26.3. The van der Waals surface area contributed by atoms with Crippen LogP contribution in [0.4, 0.5) is 8.78 Å². The number of carboxylic acid groups (broad SMARTS) is 1. The van der Waals surface area contributed by atoms with Crippen molar-refractivity contribution >= 4 is 44.9 Å². The Morgan fingerprint density at radius 2 is 1.78 bits per heavy atom. The molecule has 3 rings (SSSR count). The molecular weight excluding hydrogens is 551 g/mol. The first-order valence-electron chi connectivity index (χ1n) is 11.3. The topological polar surface area (TPSA) is 101 Å². The average molecular weight is 578 g/mol. The van der Waals surface area contributed by atoms with Crippen LogP contribution >= 0.6 is 23.2 Å². The van der Waals surface area contributed by atoms with Crippen LogP contribution in [0.2, 0.25) is 10.0 Å². The number of carbonyl (C=O) groups excluding carboxylic acids is 1. The minimum Gasteiger partial charge on any atom is -0.481 e. The number of hydrogen-bond donors (Lipinski definition) is 1. The fraction of sp³-hybridized carbons (Fsp3) is 0.440. The zero-order chi connectivity index (χ0) is 27.9. The molecule has 12 heteroatoms. The van der Waals surface area contributed by atoms with E-state index < -0.39 is 74.6 Å². The Morgan fingerprint density at radius 3 is 2.32 bits per heavy atom. The molecule has 1 saturated heterocycles. The van der Waals surface area contributed by atoms with Crippen LogP contribution in [0.5, 0.6) is 0 Å². The molecule has 0 spiro atoms. The molecule has 7 nitrogen and oxygen atoms in total. The van der Waals surface area contributed by atoms with Crippen molar-refractivity contribution in [1.29, 1.82) is 0 Å². The van der Waals surface area contributed by atoms with Crippen molar-refractivity contribution in [3.63, 3.8) is 0 Å². The Kier molecular flexibility index (Phi) is 8.58. The van der Waals surface area contributed by atoms with Crippen LogP contribution < -0.4 is 0 Å². The van der Waals surface area contributed by atoms with Crippen molar-refractivity contribution < 1.29 is 36.6 Å². The number of nitrogens with zero attached hydrogens (tertiary/aromatic N) is 1. The van der Waals surface area contributed by atoms with Crippen LogP contribution in [-0.2, 0) is 24.2 Å². The highest BCUT2D eigenvalue weighted by Crippen LogP contribution is 2.45. The van der Waals surface area contributed by atoms with Gasteiger partial charge < -0.3 is 14.7 Å². The molecule has 1 aliphatic rings. The van der Waals surface area contributed by atoms with Gasteiger partial charge in [0.1, 0.15) is 23.8 Å². The molecule has 202 valence electrons. The van der Waals surface area contributed by atoms with Gasteiger partial charge in [-0.25, -0.2) is 17.2 Å².